The van der Waals surface area contributed by atoms with Crippen LogP contribution in [0.25, 0.3) is 6.08 Å². The summed E-state index contributed by atoms with van der Waals surface area (Å²) in [6.07, 6.45) is 3.86. The standard InChI is InChI=1S/C23H27FO5/c1-6-15-20(26)19(21(27)23(7-2,8-3)22(15)29-5)17(25)11-9-14-10-12-18(28-4)16(24)13-14/h9-13,26H,6-8H2,1-5H3/b11-9+. The van der Waals surface area contributed by atoms with Gasteiger partial charge in [-0.1, -0.05) is 32.9 Å². The summed E-state index contributed by atoms with van der Waals surface area (Å²) in [6.45, 7) is 5.54. The Hall–Kier alpha value is -2.89. The highest BCUT2D eigenvalue weighted by molar-refractivity contribution is 6.28. The Balaban J connectivity index is 2.51. The van der Waals surface area contributed by atoms with E-state index >= 15 is 0 Å². The van der Waals surface area contributed by atoms with E-state index in [1.54, 1.807) is 6.07 Å². The van der Waals surface area contributed by atoms with E-state index in [1.807, 2.05) is 20.8 Å². The molecular formula is C23H27FO5. The number of ether oxygens (including phenoxy) is 2. The maximum Gasteiger partial charge on any atom is 0.193 e. The molecule has 1 aliphatic rings. The molecule has 0 unspecified atom stereocenters. The van der Waals surface area contributed by atoms with Crippen molar-refractivity contribution >= 4 is 17.6 Å². The number of aliphatic hydroxyl groups excluding tert-OH is 1. The van der Waals surface area contributed by atoms with Crippen LogP contribution in [0.15, 0.2) is 46.9 Å². The number of halogens is 1. The first-order valence-electron chi connectivity index (χ1n) is 9.63. The first-order chi connectivity index (χ1) is 13.8. The first-order valence-corrected chi connectivity index (χ1v) is 9.63. The molecule has 0 heterocycles. The van der Waals surface area contributed by atoms with Crippen molar-refractivity contribution in [2.75, 3.05) is 14.2 Å². The van der Waals surface area contributed by atoms with Crippen LogP contribution in [0.2, 0.25) is 0 Å². The van der Waals surface area contributed by atoms with Crippen molar-refractivity contribution < 1.29 is 28.6 Å². The van der Waals surface area contributed by atoms with Crippen molar-refractivity contribution in [2.24, 2.45) is 5.41 Å². The van der Waals surface area contributed by atoms with Gasteiger partial charge in [0.05, 0.1) is 19.6 Å². The fraction of sp³-hybridized carbons (Fsp3) is 0.391. The third-order valence-corrected chi connectivity index (χ3v) is 5.51. The Morgan fingerprint density at radius 2 is 1.83 bits per heavy atom. The Labute approximate surface area is 170 Å². The third-order valence-electron chi connectivity index (χ3n) is 5.51. The van der Waals surface area contributed by atoms with Crippen molar-refractivity contribution in [2.45, 2.75) is 40.0 Å². The summed E-state index contributed by atoms with van der Waals surface area (Å²) in [7, 11) is 2.83. The molecule has 6 heteroatoms. The number of Topliss-reactive ketones (excluding diaryl/α,β-unsaturated/α-hetero) is 1. The van der Waals surface area contributed by atoms with E-state index in [0.29, 0.717) is 36.2 Å². The molecule has 5 nitrogen and oxygen atoms in total. The van der Waals surface area contributed by atoms with Crippen molar-refractivity contribution in [1.29, 1.82) is 0 Å². The third kappa shape index (κ3) is 3.84. The Bertz CT molecular complexity index is 904. The summed E-state index contributed by atoms with van der Waals surface area (Å²) in [6, 6.07) is 4.26. The zero-order valence-corrected chi connectivity index (χ0v) is 17.5. The number of ketones is 2. The van der Waals surface area contributed by atoms with Gasteiger partial charge in [0.15, 0.2) is 23.1 Å². The predicted octanol–water partition coefficient (Wildman–Crippen LogP) is 4.93. The van der Waals surface area contributed by atoms with E-state index in [2.05, 4.69) is 0 Å². The molecule has 0 bridgehead atoms. The lowest BCUT2D eigenvalue weighted by molar-refractivity contribution is -0.128. The van der Waals surface area contributed by atoms with Gasteiger partial charge in [0.25, 0.3) is 0 Å². The molecule has 0 saturated carbocycles. The van der Waals surface area contributed by atoms with Crippen LogP contribution in [0.4, 0.5) is 4.39 Å². The number of methoxy groups -OCH3 is 2. The molecule has 0 radical (unpaired) electrons. The van der Waals surface area contributed by atoms with Crippen molar-refractivity contribution in [3.8, 4) is 5.75 Å². The molecule has 1 aromatic carbocycles. The Morgan fingerprint density at radius 3 is 2.31 bits per heavy atom. The average Bonchev–Trinajstić information content (AvgIpc) is 2.72. The number of carbonyl (C=O) groups is 2. The number of benzene rings is 1. The van der Waals surface area contributed by atoms with Crippen LogP contribution in [0.1, 0.15) is 45.6 Å². The lowest BCUT2D eigenvalue weighted by Gasteiger charge is -2.37. The van der Waals surface area contributed by atoms with E-state index in [1.165, 1.54) is 38.5 Å². The predicted molar refractivity (Wildman–Crippen MR) is 109 cm³/mol. The SMILES string of the molecule is CCC1=C(OC)C(CC)(CC)C(=O)C(C(=O)/C=C/c2ccc(OC)c(F)c2)=C1O. The number of aliphatic hydroxyl groups is 1. The maximum absolute atomic E-state index is 13.9. The molecule has 1 aromatic rings. The van der Waals surface area contributed by atoms with Crippen LogP contribution < -0.4 is 4.74 Å². The van der Waals surface area contributed by atoms with Gasteiger partial charge in [-0.2, -0.15) is 0 Å². The van der Waals surface area contributed by atoms with E-state index in [4.69, 9.17) is 9.47 Å². The highest BCUT2D eigenvalue weighted by Crippen LogP contribution is 2.46. The number of hydrogen-bond donors (Lipinski definition) is 1. The van der Waals surface area contributed by atoms with Crippen LogP contribution in [0.3, 0.4) is 0 Å². The largest absolute Gasteiger partial charge is 0.507 e. The van der Waals surface area contributed by atoms with Crippen molar-refractivity contribution in [3.05, 3.63) is 58.3 Å². The minimum Gasteiger partial charge on any atom is -0.507 e. The van der Waals surface area contributed by atoms with E-state index in [-0.39, 0.29) is 17.1 Å². The minimum atomic E-state index is -0.989. The van der Waals surface area contributed by atoms with Crippen LogP contribution in [-0.4, -0.2) is 30.9 Å². The van der Waals surface area contributed by atoms with Crippen LogP contribution in [-0.2, 0) is 14.3 Å². The number of rotatable bonds is 8. The van der Waals surface area contributed by atoms with Gasteiger partial charge in [-0.3, -0.25) is 9.59 Å². The molecule has 1 N–H and O–H groups in total. The first kappa shape index (κ1) is 22.4. The Kier molecular flexibility index (Phi) is 7.01. The number of allylic oxidation sites excluding steroid dienone is 4. The smallest absolute Gasteiger partial charge is 0.193 e. The molecule has 0 spiro atoms. The molecule has 2 rings (SSSR count). The summed E-state index contributed by atoms with van der Waals surface area (Å²) in [4.78, 5) is 26.1. The normalized spacial score (nSPS) is 16.6. The highest BCUT2D eigenvalue weighted by Gasteiger charge is 2.49. The number of hydrogen-bond acceptors (Lipinski definition) is 5. The van der Waals surface area contributed by atoms with Gasteiger partial charge in [0, 0.05) is 5.57 Å². The maximum atomic E-state index is 13.9. The van der Waals surface area contributed by atoms with Crippen LogP contribution in [0, 0.1) is 11.2 Å². The molecule has 0 aliphatic heterocycles. The van der Waals surface area contributed by atoms with Crippen LogP contribution in [0.5, 0.6) is 5.75 Å². The summed E-state index contributed by atoms with van der Waals surface area (Å²) in [5.74, 6) is -1.47. The second-order valence-electron chi connectivity index (χ2n) is 6.80. The van der Waals surface area contributed by atoms with Gasteiger partial charge in [0.1, 0.15) is 17.1 Å². The van der Waals surface area contributed by atoms with Gasteiger partial charge in [-0.05, 0) is 43.0 Å². The van der Waals surface area contributed by atoms with Gasteiger partial charge >= 0.3 is 0 Å². The van der Waals surface area contributed by atoms with Gasteiger partial charge in [-0.25, -0.2) is 4.39 Å². The molecule has 0 saturated heterocycles. The molecule has 0 aromatic heterocycles. The second kappa shape index (κ2) is 9.07. The lowest BCUT2D eigenvalue weighted by Crippen LogP contribution is -2.40. The van der Waals surface area contributed by atoms with Crippen LogP contribution >= 0.6 is 0 Å². The molecule has 0 amide bonds. The molecule has 29 heavy (non-hydrogen) atoms. The van der Waals surface area contributed by atoms with E-state index in [0.717, 1.165) is 0 Å². The minimum absolute atomic E-state index is 0.0942. The topological polar surface area (TPSA) is 72.8 Å². The second-order valence-corrected chi connectivity index (χ2v) is 6.80. The highest BCUT2D eigenvalue weighted by atomic mass is 19.1. The fourth-order valence-electron chi connectivity index (χ4n) is 3.81. The lowest BCUT2D eigenvalue weighted by atomic mass is 9.68. The Morgan fingerprint density at radius 1 is 1.17 bits per heavy atom. The average molecular weight is 402 g/mol. The quantitative estimate of drug-likeness (QED) is 0.493. The summed E-state index contributed by atoms with van der Waals surface area (Å²) in [5, 5.41) is 10.7. The molecule has 1 aliphatic carbocycles. The van der Waals surface area contributed by atoms with Gasteiger partial charge in [-0.15, -0.1) is 0 Å². The summed E-state index contributed by atoms with van der Waals surface area (Å²) >= 11 is 0. The summed E-state index contributed by atoms with van der Waals surface area (Å²) in [5.41, 5.74) is -0.349. The molecular weight excluding hydrogens is 375 g/mol. The molecule has 0 atom stereocenters. The van der Waals surface area contributed by atoms with Crippen molar-refractivity contribution in [1.82, 2.24) is 0 Å². The zero-order chi connectivity index (χ0) is 21.8. The van der Waals surface area contributed by atoms with E-state index < -0.39 is 22.8 Å². The van der Waals surface area contributed by atoms with E-state index in [9.17, 15) is 19.1 Å². The molecule has 156 valence electrons. The fourth-order valence-corrected chi connectivity index (χ4v) is 3.81. The van der Waals surface area contributed by atoms with Gasteiger partial charge in [0.2, 0.25) is 0 Å². The van der Waals surface area contributed by atoms with Gasteiger partial charge < -0.3 is 14.6 Å². The summed E-state index contributed by atoms with van der Waals surface area (Å²) < 4.78 is 24.2. The van der Waals surface area contributed by atoms with Crippen molar-refractivity contribution in [3.63, 3.8) is 0 Å². The number of carbonyl (C=O) groups excluding carboxylic acids is 2. The molecule has 0 fully saturated rings. The zero-order valence-electron chi connectivity index (χ0n) is 17.5. The monoisotopic (exact) mass is 402 g/mol.